The lowest BCUT2D eigenvalue weighted by atomic mass is 9.83. The van der Waals surface area contributed by atoms with E-state index in [9.17, 15) is 14.4 Å². The smallest absolute Gasteiger partial charge is 0.246 e. The van der Waals surface area contributed by atoms with Crippen LogP contribution in [0.5, 0.6) is 0 Å². The van der Waals surface area contributed by atoms with Gasteiger partial charge in [-0.2, -0.15) is 0 Å². The maximum atomic E-state index is 13.8. The number of nitrogens with one attached hydrogen (secondary N) is 2. The van der Waals surface area contributed by atoms with E-state index in [1.165, 1.54) is 12.0 Å². The Bertz CT molecular complexity index is 839. The lowest BCUT2D eigenvalue weighted by molar-refractivity contribution is -0.144. The van der Waals surface area contributed by atoms with Crippen LogP contribution < -0.4 is 10.6 Å². The van der Waals surface area contributed by atoms with E-state index in [2.05, 4.69) is 22.8 Å². The second kappa shape index (κ2) is 10.7. The fraction of sp³-hybridized carbons (Fsp3) is 0.654. The summed E-state index contributed by atoms with van der Waals surface area (Å²) in [5.41, 5.74) is 1.22. The predicted molar refractivity (Wildman–Crippen MR) is 127 cm³/mol. The molecule has 1 aromatic rings. The molecule has 7 nitrogen and oxygen atoms in total. The number of fused-ring (bicyclic) bond motifs is 1. The molecule has 3 amide bonds. The predicted octanol–water partition coefficient (Wildman–Crippen LogP) is 1.96. The molecule has 1 aliphatic carbocycles. The maximum Gasteiger partial charge on any atom is 0.246 e. The largest absolute Gasteiger partial charge is 0.343 e. The van der Waals surface area contributed by atoms with Crippen molar-refractivity contribution in [2.45, 2.75) is 70.0 Å². The highest BCUT2D eigenvalue weighted by molar-refractivity contribution is 5.94. The third kappa shape index (κ3) is 5.24. The Kier molecular flexibility index (Phi) is 7.68. The van der Waals surface area contributed by atoms with E-state index < -0.39 is 6.04 Å². The van der Waals surface area contributed by atoms with Gasteiger partial charge in [-0.05, 0) is 51.1 Å². The monoisotopic (exact) mass is 454 g/mol. The summed E-state index contributed by atoms with van der Waals surface area (Å²) in [6.07, 6.45) is 6.92. The van der Waals surface area contributed by atoms with Crippen molar-refractivity contribution in [1.29, 1.82) is 0 Å². The van der Waals surface area contributed by atoms with Gasteiger partial charge in [0.2, 0.25) is 17.7 Å². The summed E-state index contributed by atoms with van der Waals surface area (Å²) in [5, 5.41) is 6.01. The summed E-state index contributed by atoms with van der Waals surface area (Å²) in [5.74, 6) is 0.183. The lowest BCUT2D eigenvalue weighted by Crippen LogP contribution is -2.57. The molecule has 2 N–H and O–H groups in total. The third-order valence-corrected chi connectivity index (χ3v) is 7.85. The van der Waals surface area contributed by atoms with Gasteiger partial charge >= 0.3 is 0 Å². The Balaban J connectivity index is 1.45. The summed E-state index contributed by atoms with van der Waals surface area (Å²) in [6.45, 7) is 3.81. The van der Waals surface area contributed by atoms with Gasteiger partial charge in [0.05, 0.1) is 6.04 Å². The van der Waals surface area contributed by atoms with Gasteiger partial charge in [-0.3, -0.25) is 14.4 Å². The van der Waals surface area contributed by atoms with E-state index in [4.69, 9.17) is 0 Å². The first-order valence-corrected chi connectivity index (χ1v) is 12.6. The van der Waals surface area contributed by atoms with Crippen LogP contribution in [0.3, 0.4) is 0 Å². The number of carbonyl (C=O) groups excluding carboxylic acids is 3. The van der Waals surface area contributed by atoms with Crippen LogP contribution in [0.15, 0.2) is 30.3 Å². The maximum absolute atomic E-state index is 13.8. The number of rotatable bonds is 8. The molecule has 180 valence electrons. The number of hydrogen-bond acceptors (Lipinski definition) is 4. The minimum Gasteiger partial charge on any atom is -0.343 e. The van der Waals surface area contributed by atoms with Crippen LogP contribution in [0, 0.1) is 11.8 Å². The summed E-state index contributed by atoms with van der Waals surface area (Å²) in [4.78, 5) is 43.5. The Morgan fingerprint density at radius 1 is 1.09 bits per heavy atom. The molecule has 0 spiro atoms. The molecule has 1 aromatic carbocycles. The number of amides is 3. The van der Waals surface area contributed by atoms with E-state index in [1.54, 1.807) is 18.9 Å². The lowest BCUT2D eigenvalue weighted by Gasteiger charge is -2.35. The SMILES string of the molecule is CNC(C)C(=O)N[C@H](C(=O)N1CC[C@H]2CN(CCc3ccccc3)C(=O)[C@H]21)C1CCCCC1. The molecule has 2 aliphatic heterocycles. The molecule has 4 atom stereocenters. The fourth-order valence-electron chi connectivity index (χ4n) is 5.74. The number of likely N-dealkylation sites (N-methyl/N-ethyl adjacent to an activating group) is 1. The number of likely N-dealkylation sites (tertiary alicyclic amines) is 2. The zero-order valence-corrected chi connectivity index (χ0v) is 20.0. The molecule has 0 bridgehead atoms. The average molecular weight is 455 g/mol. The molecule has 3 fully saturated rings. The van der Waals surface area contributed by atoms with Crippen LogP contribution in [-0.2, 0) is 20.8 Å². The standard InChI is InChI=1S/C26H38N4O3/c1-18(27-2)24(31)28-22(20-11-7-4-8-12-20)25(32)30-16-14-21-17-29(26(33)23(21)30)15-13-19-9-5-3-6-10-19/h3,5-6,9-10,18,20-23,27H,4,7-8,11-17H2,1-2H3,(H,28,31)/t18?,21-,22-,23-/m0/s1. The molecular weight excluding hydrogens is 416 g/mol. The van der Waals surface area contributed by atoms with Gasteiger partial charge in [0, 0.05) is 25.6 Å². The molecule has 2 saturated heterocycles. The Morgan fingerprint density at radius 3 is 2.52 bits per heavy atom. The molecule has 2 heterocycles. The van der Waals surface area contributed by atoms with Crippen LogP contribution >= 0.6 is 0 Å². The van der Waals surface area contributed by atoms with E-state index in [1.807, 2.05) is 23.1 Å². The number of nitrogens with zero attached hydrogens (tertiary/aromatic N) is 2. The number of hydrogen-bond donors (Lipinski definition) is 2. The van der Waals surface area contributed by atoms with Gasteiger partial charge in [-0.25, -0.2) is 0 Å². The molecule has 4 rings (SSSR count). The summed E-state index contributed by atoms with van der Waals surface area (Å²) in [7, 11) is 1.74. The Hall–Kier alpha value is -2.41. The van der Waals surface area contributed by atoms with Crippen molar-refractivity contribution in [1.82, 2.24) is 20.4 Å². The van der Waals surface area contributed by atoms with Crippen molar-refractivity contribution in [2.24, 2.45) is 11.8 Å². The summed E-state index contributed by atoms with van der Waals surface area (Å²) in [6, 6.07) is 8.92. The van der Waals surface area contributed by atoms with Gasteiger partial charge in [-0.1, -0.05) is 49.6 Å². The van der Waals surface area contributed by atoms with Crippen LogP contribution in [0.25, 0.3) is 0 Å². The summed E-state index contributed by atoms with van der Waals surface area (Å²) >= 11 is 0. The molecule has 33 heavy (non-hydrogen) atoms. The molecule has 0 aromatic heterocycles. The van der Waals surface area contributed by atoms with Gasteiger partial charge < -0.3 is 20.4 Å². The third-order valence-electron chi connectivity index (χ3n) is 7.85. The molecule has 1 saturated carbocycles. The van der Waals surface area contributed by atoms with E-state index >= 15 is 0 Å². The first kappa shape index (κ1) is 23.7. The van der Waals surface area contributed by atoms with Crippen LogP contribution in [-0.4, -0.2) is 72.3 Å². The van der Waals surface area contributed by atoms with Crippen LogP contribution in [0.4, 0.5) is 0 Å². The van der Waals surface area contributed by atoms with E-state index in [0.29, 0.717) is 13.1 Å². The number of benzene rings is 1. The van der Waals surface area contributed by atoms with Crippen molar-refractivity contribution >= 4 is 17.7 Å². The number of carbonyl (C=O) groups is 3. The minimum absolute atomic E-state index is 0.0655. The minimum atomic E-state index is -0.543. The highest BCUT2D eigenvalue weighted by atomic mass is 16.2. The van der Waals surface area contributed by atoms with E-state index in [0.717, 1.165) is 45.1 Å². The molecule has 0 radical (unpaired) electrons. The second-order valence-electron chi connectivity index (χ2n) is 9.94. The van der Waals surface area contributed by atoms with E-state index in [-0.39, 0.29) is 41.6 Å². The van der Waals surface area contributed by atoms with Gasteiger partial charge in [0.25, 0.3) is 0 Å². The normalized spacial score (nSPS) is 25.1. The van der Waals surface area contributed by atoms with Crippen LogP contribution in [0.1, 0.15) is 51.0 Å². The molecule has 3 aliphatic rings. The first-order valence-electron chi connectivity index (χ1n) is 12.6. The highest BCUT2D eigenvalue weighted by Gasteiger charge is 2.51. The fourth-order valence-corrected chi connectivity index (χ4v) is 5.74. The molecule has 7 heteroatoms. The quantitative estimate of drug-likeness (QED) is 0.629. The zero-order valence-electron chi connectivity index (χ0n) is 20.0. The Morgan fingerprint density at radius 2 is 1.82 bits per heavy atom. The second-order valence-corrected chi connectivity index (χ2v) is 9.94. The first-order chi connectivity index (χ1) is 16.0. The molecular formula is C26H38N4O3. The van der Waals surface area contributed by atoms with Crippen molar-refractivity contribution in [3.05, 3.63) is 35.9 Å². The van der Waals surface area contributed by atoms with Crippen molar-refractivity contribution in [3.8, 4) is 0 Å². The average Bonchev–Trinajstić information content (AvgIpc) is 3.41. The van der Waals surface area contributed by atoms with Crippen molar-refractivity contribution in [3.63, 3.8) is 0 Å². The van der Waals surface area contributed by atoms with Crippen molar-refractivity contribution < 1.29 is 14.4 Å². The zero-order chi connectivity index (χ0) is 23.4. The van der Waals surface area contributed by atoms with Gasteiger partial charge in [0.15, 0.2) is 0 Å². The molecule has 1 unspecified atom stereocenters. The van der Waals surface area contributed by atoms with Crippen LogP contribution in [0.2, 0.25) is 0 Å². The van der Waals surface area contributed by atoms with Gasteiger partial charge in [-0.15, -0.1) is 0 Å². The topological polar surface area (TPSA) is 81.8 Å². The Labute approximate surface area is 197 Å². The highest BCUT2D eigenvalue weighted by Crippen LogP contribution is 2.35. The van der Waals surface area contributed by atoms with Crippen molar-refractivity contribution in [2.75, 3.05) is 26.7 Å². The van der Waals surface area contributed by atoms with Gasteiger partial charge in [0.1, 0.15) is 12.1 Å². The summed E-state index contributed by atoms with van der Waals surface area (Å²) < 4.78 is 0.